The van der Waals surface area contributed by atoms with Crippen LogP contribution in [-0.4, -0.2) is 18.4 Å². The van der Waals surface area contributed by atoms with Gasteiger partial charge in [0.1, 0.15) is 5.82 Å². The Labute approximate surface area is 148 Å². The third-order valence-electron chi connectivity index (χ3n) is 3.52. The fourth-order valence-corrected chi connectivity index (χ4v) is 2.81. The van der Waals surface area contributed by atoms with Crippen molar-refractivity contribution in [2.45, 2.75) is 20.3 Å². The first-order valence-electron chi connectivity index (χ1n) is 7.46. The fourth-order valence-electron chi connectivity index (χ4n) is 2.34. The van der Waals surface area contributed by atoms with Crippen molar-refractivity contribution >= 4 is 39.1 Å². The summed E-state index contributed by atoms with van der Waals surface area (Å²) >= 11 is 3.39. The number of carbonyl (C=O) groups excluding carboxylic acids is 2. The van der Waals surface area contributed by atoms with Crippen LogP contribution in [0.3, 0.4) is 0 Å². The zero-order valence-electron chi connectivity index (χ0n) is 13.5. The van der Waals surface area contributed by atoms with Crippen molar-refractivity contribution in [2.24, 2.45) is 0 Å². The van der Waals surface area contributed by atoms with Crippen molar-refractivity contribution in [3.8, 4) is 0 Å². The van der Waals surface area contributed by atoms with Crippen molar-refractivity contribution in [1.29, 1.82) is 0 Å². The van der Waals surface area contributed by atoms with E-state index in [1.807, 2.05) is 25.1 Å². The number of aryl methyl sites for hydroxylation is 1. The van der Waals surface area contributed by atoms with E-state index in [0.29, 0.717) is 5.69 Å². The third-order valence-corrected chi connectivity index (χ3v) is 4.01. The Bertz CT molecular complexity index is 747. The quantitative estimate of drug-likeness (QED) is 0.825. The standard InChI is InChI=1S/C18H18BrFN2O2/c1-12-11-14(19)3-8-17(12)22(13(2)23)10-9-18(24)21-16-6-4-15(20)5-7-16/h3-8,11H,9-10H2,1-2H3,(H,21,24). The largest absolute Gasteiger partial charge is 0.326 e. The van der Waals surface area contributed by atoms with E-state index < -0.39 is 0 Å². The molecule has 126 valence electrons. The number of hydrogen-bond acceptors (Lipinski definition) is 2. The monoisotopic (exact) mass is 392 g/mol. The van der Waals surface area contributed by atoms with Gasteiger partial charge in [0, 0.05) is 35.7 Å². The maximum absolute atomic E-state index is 12.9. The summed E-state index contributed by atoms with van der Waals surface area (Å²) in [6, 6.07) is 11.2. The number of hydrogen-bond donors (Lipinski definition) is 1. The molecule has 2 amide bonds. The van der Waals surface area contributed by atoms with Crippen LogP contribution in [0.4, 0.5) is 15.8 Å². The third kappa shape index (κ3) is 4.89. The molecule has 2 aromatic carbocycles. The second-order valence-corrected chi connectivity index (χ2v) is 6.32. The van der Waals surface area contributed by atoms with E-state index in [1.165, 1.54) is 31.2 Å². The highest BCUT2D eigenvalue weighted by atomic mass is 79.9. The highest BCUT2D eigenvalue weighted by Crippen LogP contribution is 2.24. The number of halogens is 2. The van der Waals surface area contributed by atoms with Crippen molar-refractivity contribution in [3.05, 3.63) is 58.3 Å². The van der Waals surface area contributed by atoms with Crippen molar-refractivity contribution < 1.29 is 14.0 Å². The molecule has 0 aliphatic rings. The van der Waals surface area contributed by atoms with Gasteiger partial charge in [0.15, 0.2) is 0 Å². The molecule has 0 radical (unpaired) electrons. The summed E-state index contributed by atoms with van der Waals surface area (Å²) in [5.41, 5.74) is 2.24. The van der Waals surface area contributed by atoms with Crippen LogP contribution in [0.25, 0.3) is 0 Å². The summed E-state index contributed by atoms with van der Waals surface area (Å²) in [4.78, 5) is 25.6. The zero-order valence-corrected chi connectivity index (χ0v) is 15.1. The molecule has 0 aliphatic heterocycles. The van der Waals surface area contributed by atoms with Gasteiger partial charge >= 0.3 is 0 Å². The molecule has 24 heavy (non-hydrogen) atoms. The van der Waals surface area contributed by atoms with Gasteiger partial charge < -0.3 is 10.2 Å². The van der Waals surface area contributed by atoms with Gasteiger partial charge in [-0.3, -0.25) is 9.59 Å². The van der Waals surface area contributed by atoms with Crippen LogP contribution in [-0.2, 0) is 9.59 Å². The smallest absolute Gasteiger partial charge is 0.226 e. The number of benzene rings is 2. The Morgan fingerprint density at radius 1 is 1.17 bits per heavy atom. The topological polar surface area (TPSA) is 49.4 Å². The van der Waals surface area contributed by atoms with Gasteiger partial charge in [-0.05, 0) is 55.0 Å². The molecule has 2 rings (SSSR count). The SMILES string of the molecule is CC(=O)N(CCC(=O)Nc1ccc(F)cc1)c1ccc(Br)cc1C. The molecular formula is C18H18BrFN2O2. The molecule has 0 bridgehead atoms. The molecule has 0 spiro atoms. The Kier molecular flexibility index (Phi) is 6.09. The lowest BCUT2D eigenvalue weighted by Gasteiger charge is -2.23. The van der Waals surface area contributed by atoms with Gasteiger partial charge in [0.05, 0.1) is 0 Å². The predicted molar refractivity (Wildman–Crippen MR) is 96.6 cm³/mol. The highest BCUT2D eigenvalue weighted by Gasteiger charge is 2.15. The lowest BCUT2D eigenvalue weighted by molar-refractivity contribution is -0.117. The average molecular weight is 393 g/mol. The van der Waals surface area contributed by atoms with E-state index in [2.05, 4.69) is 21.2 Å². The maximum atomic E-state index is 12.9. The fraction of sp³-hybridized carbons (Fsp3) is 0.222. The molecule has 0 saturated heterocycles. The first-order chi connectivity index (χ1) is 11.4. The van der Waals surface area contributed by atoms with Crippen LogP contribution in [0, 0.1) is 12.7 Å². The maximum Gasteiger partial charge on any atom is 0.226 e. The Morgan fingerprint density at radius 3 is 2.42 bits per heavy atom. The first-order valence-corrected chi connectivity index (χ1v) is 8.26. The minimum absolute atomic E-state index is 0.130. The minimum atomic E-state index is -0.360. The summed E-state index contributed by atoms with van der Waals surface area (Å²) in [6.07, 6.45) is 0.145. The van der Waals surface area contributed by atoms with Crippen molar-refractivity contribution in [2.75, 3.05) is 16.8 Å². The van der Waals surface area contributed by atoms with E-state index in [0.717, 1.165) is 15.7 Å². The van der Waals surface area contributed by atoms with Crippen LogP contribution < -0.4 is 10.2 Å². The van der Waals surface area contributed by atoms with Crippen LogP contribution >= 0.6 is 15.9 Å². The molecule has 6 heteroatoms. The molecule has 0 saturated carbocycles. The average Bonchev–Trinajstić information content (AvgIpc) is 2.51. The summed E-state index contributed by atoms with van der Waals surface area (Å²) in [5.74, 6) is -0.723. The molecule has 0 atom stereocenters. The molecule has 0 heterocycles. The Hall–Kier alpha value is -2.21. The molecule has 0 fully saturated rings. The van der Waals surface area contributed by atoms with Gasteiger partial charge in [0.25, 0.3) is 0 Å². The first kappa shape index (κ1) is 18.1. The summed E-state index contributed by atoms with van der Waals surface area (Å²) < 4.78 is 13.8. The van der Waals surface area contributed by atoms with Crippen LogP contribution in [0.5, 0.6) is 0 Å². The molecule has 0 unspecified atom stereocenters. The zero-order chi connectivity index (χ0) is 17.7. The molecule has 1 N–H and O–H groups in total. The van der Waals surface area contributed by atoms with Crippen LogP contribution in [0.15, 0.2) is 46.9 Å². The van der Waals surface area contributed by atoms with Crippen molar-refractivity contribution in [1.82, 2.24) is 0 Å². The van der Waals surface area contributed by atoms with E-state index in [-0.39, 0.29) is 30.6 Å². The second-order valence-electron chi connectivity index (χ2n) is 5.41. The van der Waals surface area contributed by atoms with Crippen LogP contribution in [0.2, 0.25) is 0 Å². The van der Waals surface area contributed by atoms with Gasteiger partial charge in [0.2, 0.25) is 11.8 Å². The van der Waals surface area contributed by atoms with Gasteiger partial charge in [-0.25, -0.2) is 4.39 Å². The number of anilines is 2. The summed E-state index contributed by atoms with van der Waals surface area (Å²) in [5, 5.41) is 2.69. The molecule has 0 aliphatic carbocycles. The second kappa shape index (κ2) is 8.06. The number of nitrogens with zero attached hydrogens (tertiary/aromatic N) is 1. The van der Waals surface area contributed by atoms with E-state index in [1.54, 1.807) is 4.90 Å². The summed E-state index contributed by atoms with van der Waals surface area (Å²) in [7, 11) is 0. The van der Waals surface area contributed by atoms with E-state index in [4.69, 9.17) is 0 Å². The molecular weight excluding hydrogens is 375 g/mol. The lowest BCUT2D eigenvalue weighted by Crippen LogP contribution is -2.32. The molecule has 0 aromatic heterocycles. The van der Waals surface area contributed by atoms with Gasteiger partial charge in [-0.2, -0.15) is 0 Å². The van der Waals surface area contributed by atoms with E-state index >= 15 is 0 Å². The Morgan fingerprint density at radius 2 is 1.83 bits per heavy atom. The van der Waals surface area contributed by atoms with Crippen molar-refractivity contribution in [3.63, 3.8) is 0 Å². The van der Waals surface area contributed by atoms with Crippen LogP contribution in [0.1, 0.15) is 18.9 Å². The number of amides is 2. The molecule has 4 nitrogen and oxygen atoms in total. The number of nitrogens with one attached hydrogen (secondary N) is 1. The summed E-state index contributed by atoms with van der Waals surface area (Å²) in [6.45, 7) is 3.65. The number of carbonyl (C=O) groups is 2. The van der Waals surface area contributed by atoms with Gasteiger partial charge in [-0.15, -0.1) is 0 Å². The Balaban J connectivity index is 2.02. The molecule has 2 aromatic rings. The number of rotatable bonds is 5. The van der Waals surface area contributed by atoms with Gasteiger partial charge in [-0.1, -0.05) is 15.9 Å². The highest BCUT2D eigenvalue weighted by molar-refractivity contribution is 9.10. The normalized spacial score (nSPS) is 10.3. The predicted octanol–water partition coefficient (Wildman–Crippen LogP) is 4.28. The van der Waals surface area contributed by atoms with E-state index in [9.17, 15) is 14.0 Å². The minimum Gasteiger partial charge on any atom is -0.326 e. The lowest BCUT2D eigenvalue weighted by atomic mass is 10.1.